The molecule has 0 saturated carbocycles. The molecule has 1 amide bonds. The first-order chi connectivity index (χ1) is 15.9. The first-order valence-corrected chi connectivity index (χ1v) is 12.3. The number of halogens is 1. The lowest BCUT2D eigenvalue weighted by atomic mass is 10.1. The van der Waals surface area contributed by atoms with Crippen molar-refractivity contribution in [3.8, 4) is 0 Å². The Morgan fingerprint density at radius 3 is 2.24 bits per heavy atom. The average molecular weight is 479 g/mol. The number of amides is 1. The molecule has 0 aromatic heterocycles. The van der Waals surface area contributed by atoms with Gasteiger partial charge in [-0.15, -0.1) is 0 Å². The van der Waals surface area contributed by atoms with E-state index in [0.717, 1.165) is 16.3 Å². The molecule has 0 spiro atoms. The van der Waals surface area contributed by atoms with Crippen LogP contribution in [0.2, 0.25) is 5.02 Å². The number of fused-ring (bicyclic) bond motifs is 1. The molecule has 33 heavy (non-hydrogen) atoms. The van der Waals surface area contributed by atoms with E-state index < -0.39 is 15.9 Å². The van der Waals surface area contributed by atoms with E-state index in [1.807, 2.05) is 72.8 Å². The SMILES string of the molecule is O=C(CN(CCc1ccccc1)S(=O)(=O)c1ccc(Cl)cc1)Nc1cccc2ccccc12. The Balaban J connectivity index is 1.58. The molecule has 4 rings (SSSR count). The first kappa shape index (κ1) is 23.0. The van der Waals surface area contributed by atoms with Gasteiger partial charge in [-0.2, -0.15) is 4.31 Å². The molecule has 0 fully saturated rings. The monoisotopic (exact) mass is 478 g/mol. The van der Waals surface area contributed by atoms with Crippen molar-refractivity contribution in [3.05, 3.63) is 108 Å². The van der Waals surface area contributed by atoms with Gasteiger partial charge in [0.15, 0.2) is 0 Å². The van der Waals surface area contributed by atoms with Gasteiger partial charge in [0.1, 0.15) is 0 Å². The predicted octanol–water partition coefficient (Wildman–Crippen LogP) is 5.37. The lowest BCUT2D eigenvalue weighted by molar-refractivity contribution is -0.116. The summed E-state index contributed by atoms with van der Waals surface area (Å²) < 4.78 is 27.9. The van der Waals surface area contributed by atoms with Crippen LogP contribution in [0.1, 0.15) is 5.56 Å². The molecule has 0 atom stereocenters. The van der Waals surface area contributed by atoms with E-state index >= 15 is 0 Å². The van der Waals surface area contributed by atoms with Gasteiger partial charge in [0.25, 0.3) is 0 Å². The Kier molecular flexibility index (Phi) is 7.08. The van der Waals surface area contributed by atoms with Gasteiger partial charge in [-0.25, -0.2) is 8.42 Å². The largest absolute Gasteiger partial charge is 0.324 e. The van der Waals surface area contributed by atoms with Crippen LogP contribution in [0.25, 0.3) is 10.8 Å². The minimum atomic E-state index is -3.90. The minimum absolute atomic E-state index is 0.0953. The highest BCUT2D eigenvalue weighted by atomic mass is 35.5. The molecular weight excluding hydrogens is 456 g/mol. The Bertz CT molecular complexity index is 1350. The third-order valence-electron chi connectivity index (χ3n) is 5.33. The van der Waals surface area contributed by atoms with Crippen LogP contribution in [0.15, 0.2) is 102 Å². The van der Waals surface area contributed by atoms with Crippen molar-refractivity contribution < 1.29 is 13.2 Å². The van der Waals surface area contributed by atoms with Crippen molar-refractivity contribution in [1.82, 2.24) is 4.31 Å². The summed E-state index contributed by atoms with van der Waals surface area (Å²) in [4.78, 5) is 13.1. The zero-order valence-corrected chi connectivity index (χ0v) is 19.4. The van der Waals surface area contributed by atoms with E-state index in [1.54, 1.807) is 0 Å². The van der Waals surface area contributed by atoms with Gasteiger partial charge in [-0.05, 0) is 47.7 Å². The van der Waals surface area contributed by atoms with E-state index in [2.05, 4.69) is 5.32 Å². The highest BCUT2D eigenvalue weighted by Crippen LogP contribution is 2.24. The molecule has 4 aromatic carbocycles. The maximum Gasteiger partial charge on any atom is 0.243 e. The fraction of sp³-hybridized carbons (Fsp3) is 0.115. The highest BCUT2D eigenvalue weighted by molar-refractivity contribution is 7.89. The molecule has 0 bridgehead atoms. The maximum absolute atomic E-state index is 13.4. The fourth-order valence-corrected chi connectivity index (χ4v) is 5.15. The predicted molar refractivity (Wildman–Crippen MR) is 133 cm³/mol. The Labute approximate surface area is 198 Å². The number of carbonyl (C=O) groups is 1. The van der Waals surface area contributed by atoms with Crippen molar-refractivity contribution in [2.24, 2.45) is 0 Å². The molecule has 0 aliphatic rings. The van der Waals surface area contributed by atoms with Gasteiger partial charge in [0.2, 0.25) is 15.9 Å². The van der Waals surface area contributed by atoms with Crippen LogP contribution in [0.4, 0.5) is 5.69 Å². The summed E-state index contributed by atoms with van der Waals surface area (Å²) in [5, 5.41) is 5.21. The van der Waals surface area contributed by atoms with Crippen LogP contribution in [0.5, 0.6) is 0 Å². The van der Waals surface area contributed by atoms with Gasteiger partial charge in [0.05, 0.1) is 11.4 Å². The van der Waals surface area contributed by atoms with E-state index in [-0.39, 0.29) is 18.0 Å². The van der Waals surface area contributed by atoms with E-state index in [1.165, 1.54) is 28.6 Å². The normalized spacial score (nSPS) is 11.6. The highest BCUT2D eigenvalue weighted by Gasteiger charge is 2.26. The third kappa shape index (κ3) is 5.60. The second-order valence-electron chi connectivity index (χ2n) is 7.60. The van der Waals surface area contributed by atoms with Crippen molar-refractivity contribution >= 4 is 44.0 Å². The molecule has 7 heteroatoms. The molecule has 5 nitrogen and oxygen atoms in total. The Hall–Kier alpha value is -3.19. The molecule has 168 valence electrons. The van der Waals surface area contributed by atoms with Crippen molar-refractivity contribution in [3.63, 3.8) is 0 Å². The lowest BCUT2D eigenvalue weighted by Gasteiger charge is -2.22. The number of hydrogen-bond donors (Lipinski definition) is 1. The number of carbonyl (C=O) groups excluding carboxylic acids is 1. The van der Waals surface area contributed by atoms with Crippen molar-refractivity contribution in [2.45, 2.75) is 11.3 Å². The zero-order chi connectivity index (χ0) is 23.3. The molecule has 0 aliphatic carbocycles. The molecular formula is C26H23ClN2O3S. The molecule has 0 saturated heterocycles. The van der Waals surface area contributed by atoms with Gasteiger partial charge in [-0.1, -0.05) is 78.3 Å². The summed E-state index contributed by atoms with van der Waals surface area (Å²) in [6.07, 6.45) is 0.481. The first-order valence-electron chi connectivity index (χ1n) is 10.5. The van der Waals surface area contributed by atoms with Crippen LogP contribution in [0.3, 0.4) is 0 Å². The topological polar surface area (TPSA) is 66.5 Å². The summed E-state index contributed by atoms with van der Waals surface area (Å²) >= 11 is 5.93. The smallest absolute Gasteiger partial charge is 0.243 e. The maximum atomic E-state index is 13.4. The number of benzene rings is 4. The Morgan fingerprint density at radius 2 is 1.48 bits per heavy atom. The van der Waals surface area contributed by atoms with Crippen LogP contribution >= 0.6 is 11.6 Å². The van der Waals surface area contributed by atoms with E-state index in [0.29, 0.717) is 17.1 Å². The van der Waals surface area contributed by atoms with Crippen molar-refractivity contribution in [2.75, 3.05) is 18.4 Å². The van der Waals surface area contributed by atoms with E-state index in [9.17, 15) is 13.2 Å². The number of nitrogens with one attached hydrogen (secondary N) is 1. The second-order valence-corrected chi connectivity index (χ2v) is 9.98. The lowest BCUT2D eigenvalue weighted by Crippen LogP contribution is -2.39. The molecule has 0 heterocycles. The number of anilines is 1. The van der Waals surface area contributed by atoms with Crippen LogP contribution in [-0.2, 0) is 21.2 Å². The Morgan fingerprint density at radius 1 is 0.818 bits per heavy atom. The molecule has 0 aliphatic heterocycles. The fourth-order valence-electron chi connectivity index (χ4n) is 3.62. The molecule has 0 unspecified atom stereocenters. The number of nitrogens with zero attached hydrogens (tertiary/aromatic N) is 1. The summed E-state index contributed by atoms with van der Waals surface area (Å²) in [6.45, 7) is -0.140. The summed E-state index contributed by atoms with van der Waals surface area (Å²) in [7, 11) is -3.90. The molecule has 1 N–H and O–H groups in total. The minimum Gasteiger partial charge on any atom is -0.324 e. The molecule has 0 radical (unpaired) electrons. The summed E-state index contributed by atoms with van der Waals surface area (Å²) in [6, 6.07) is 28.9. The third-order valence-corrected chi connectivity index (χ3v) is 7.44. The standard InChI is InChI=1S/C26H23ClN2O3S/c27-22-13-15-23(16-14-22)33(31,32)29(18-17-20-7-2-1-3-8-20)19-26(30)28-25-12-6-10-21-9-4-5-11-24(21)25/h1-16H,17-19H2,(H,28,30). The van der Waals surface area contributed by atoms with Gasteiger partial charge >= 0.3 is 0 Å². The quantitative estimate of drug-likeness (QED) is 0.370. The van der Waals surface area contributed by atoms with Crippen LogP contribution in [0, 0.1) is 0 Å². The second kappa shape index (κ2) is 10.2. The number of rotatable bonds is 8. The number of sulfonamides is 1. The van der Waals surface area contributed by atoms with E-state index in [4.69, 9.17) is 11.6 Å². The van der Waals surface area contributed by atoms with Crippen LogP contribution in [-0.4, -0.2) is 31.7 Å². The zero-order valence-electron chi connectivity index (χ0n) is 17.8. The molecule has 4 aromatic rings. The summed E-state index contributed by atoms with van der Waals surface area (Å²) in [5.74, 6) is -0.406. The van der Waals surface area contributed by atoms with Gasteiger partial charge in [-0.3, -0.25) is 4.79 Å². The van der Waals surface area contributed by atoms with Crippen molar-refractivity contribution in [1.29, 1.82) is 0 Å². The number of hydrogen-bond acceptors (Lipinski definition) is 3. The van der Waals surface area contributed by atoms with Gasteiger partial charge in [0, 0.05) is 22.6 Å². The summed E-state index contributed by atoms with van der Waals surface area (Å²) in [5.41, 5.74) is 1.63. The van der Waals surface area contributed by atoms with Crippen LogP contribution < -0.4 is 5.32 Å². The van der Waals surface area contributed by atoms with Gasteiger partial charge < -0.3 is 5.32 Å². The average Bonchev–Trinajstić information content (AvgIpc) is 2.83.